The van der Waals surface area contributed by atoms with E-state index in [0.29, 0.717) is 19.0 Å². The van der Waals surface area contributed by atoms with E-state index >= 15 is 0 Å². The third kappa shape index (κ3) is 3.92. The molecule has 5 heteroatoms. The molecule has 102 valence electrons. The summed E-state index contributed by atoms with van der Waals surface area (Å²) in [5, 5.41) is 3.09. The summed E-state index contributed by atoms with van der Waals surface area (Å²) in [6.07, 6.45) is 1.82. The van der Waals surface area contributed by atoms with Crippen LogP contribution in [0.4, 0.5) is 0 Å². The van der Waals surface area contributed by atoms with E-state index < -0.39 is 0 Å². The molecule has 0 bridgehead atoms. The third-order valence-corrected chi connectivity index (χ3v) is 3.09. The Bertz CT molecular complexity index is 391. The number of nitrogens with zero attached hydrogens (tertiary/aromatic N) is 3. The number of likely N-dealkylation sites (N-methyl/N-ethyl adjacent to an activating group) is 1. The van der Waals surface area contributed by atoms with Gasteiger partial charge in [0.2, 0.25) is 5.88 Å². The SMILES string of the molecule is CNCc1cnc(C)nc1OCC(C)(C)N(C)C. The molecule has 0 radical (unpaired) electrons. The monoisotopic (exact) mass is 252 g/mol. The van der Waals surface area contributed by atoms with E-state index in [9.17, 15) is 0 Å². The molecule has 0 unspecified atom stereocenters. The second-order valence-corrected chi connectivity index (χ2v) is 5.27. The Labute approximate surface area is 110 Å². The largest absolute Gasteiger partial charge is 0.475 e. The number of aryl methyl sites for hydroxylation is 1. The average molecular weight is 252 g/mol. The molecule has 0 amide bonds. The van der Waals surface area contributed by atoms with Gasteiger partial charge in [-0.15, -0.1) is 0 Å². The van der Waals surface area contributed by atoms with Crippen molar-refractivity contribution in [2.45, 2.75) is 32.9 Å². The molecule has 0 spiro atoms. The van der Waals surface area contributed by atoms with Crippen molar-refractivity contribution in [2.24, 2.45) is 0 Å². The Hall–Kier alpha value is -1.20. The minimum atomic E-state index is -0.0320. The predicted molar refractivity (Wildman–Crippen MR) is 72.8 cm³/mol. The van der Waals surface area contributed by atoms with Gasteiger partial charge in [-0.3, -0.25) is 0 Å². The van der Waals surface area contributed by atoms with Crippen LogP contribution in [-0.2, 0) is 6.54 Å². The highest BCUT2D eigenvalue weighted by atomic mass is 16.5. The van der Waals surface area contributed by atoms with Gasteiger partial charge in [-0.2, -0.15) is 4.98 Å². The summed E-state index contributed by atoms with van der Waals surface area (Å²) in [7, 11) is 5.99. The number of nitrogens with one attached hydrogen (secondary N) is 1. The quantitative estimate of drug-likeness (QED) is 0.825. The number of rotatable bonds is 6. The van der Waals surface area contributed by atoms with Crippen LogP contribution in [0, 0.1) is 6.92 Å². The molecule has 0 atom stereocenters. The van der Waals surface area contributed by atoms with Gasteiger partial charge in [-0.25, -0.2) is 4.98 Å². The number of ether oxygens (including phenoxy) is 1. The summed E-state index contributed by atoms with van der Waals surface area (Å²) < 4.78 is 5.86. The topological polar surface area (TPSA) is 50.3 Å². The van der Waals surface area contributed by atoms with Crippen molar-refractivity contribution in [1.29, 1.82) is 0 Å². The summed E-state index contributed by atoms with van der Waals surface area (Å²) in [5.74, 6) is 1.40. The lowest BCUT2D eigenvalue weighted by molar-refractivity contribution is 0.110. The molecular formula is C13H24N4O. The van der Waals surface area contributed by atoms with Crippen molar-refractivity contribution >= 4 is 0 Å². The molecule has 1 aromatic rings. The van der Waals surface area contributed by atoms with Gasteiger partial charge >= 0.3 is 0 Å². The zero-order valence-electron chi connectivity index (χ0n) is 12.2. The molecule has 1 heterocycles. The summed E-state index contributed by atoms with van der Waals surface area (Å²) >= 11 is 0. The van der Waals surface area contributed by atoms with Gasteiger partial charge < -0.3 is 15.0 Å². The molecule has 0 saturated heterocycles. The zero-order valence-corrected chi connectivity index (χ0v) is 12.2. The second kappa shape index (κ2) is 6.11. The lowest BCUT2D eigenvalue weighted by Gasteiger charge is -2.32. The molecule has 5 nitrogen and oxygen atoms in total. The molecule has 1 N–H and O–H groups in total. The van der Waals surface area contributed by atoms with Crippen LogP contribution in [0.3, 0.4) is 0 Å². The minimum Gasteiger partial charge on any atom is -0.475 e. The standard InChI is InChI=1S/C13H24N4O/c1-10-15-8-11(7-14-4)12(16-10)18-9-13(2,3)17(5)6/h8,14H,7,9H2,1-6H3. The smallest absolute Gasteiger partial charge is 0.221 e. The van der Waals surface area contributed by atoms with E-state index in [2.05, 4.69) is 34.0 Å². The molecule has 0 aromatic carbocycles. The van der Waals surface area contributed by atoms with Crippen LogP contribution < -0.4 is 10.1 Å². The summed E-state index contributed by atoms with van der Waals surface area (Å²) in [5.41, 5.74) is 0.952. The highest BCUT2D eigenvalue weighted by Gasteiger charge is 2.22. The molecular weight excluding hydrogens is 228 g/mol. The molecule has 0 aliphatic rings. The maximum Gasteiger partial charge on any atom is 0.221 e. The van der Waals surface area contributed by atoms with Crippen LogP contribution in [0.15, 0.2) is 6.20 Å². The fourth-order valence-corrected chi connectivity index (χ4v) is 1.28. The number of hydrogen-bond acceptors (Lipinski definition) is 5. The Kier molecular flexibility index (Phi) is 5.04. The molecule has 0 aliphatic carbocycles. The van der Waals surface area contributed by atoms with Crippen molar-refractivity contribution < 1.29 is 4.74 Å². The van der Waals surface area contributed by atoms with E-state index in [1.807, 2.05) is 34.3 Å². The normalized spacial score (nSPS) is 11.9. The average Bonchev–Trinajstić information content (AvgIpc) is 2.29. The van der Waals surface area contributed by atoms with Crippen molar-refractivity contribution in [3.05, 3.63) is 17.6 Å². The molecule has 0 aliphatic heterocycles. The first-order valence-corrected chi connectivity index (χ1v) is 6.14. The van der Waals surface area contributed by atoms with Gasteiger partial charge in [0.1, 0.15) is 12.4 Å². The zero-order chi connectivity index (χ0) is 13.8. The van der Waals surface area contributed by atoms with Gasteiger partial charge in [-0.1, -0.05) is 0 Å². The summed E-state index contributed by atoms with van der Waals surface area (Å²) in [4.78, 5) is 10.7. The maximum atomic E-state index is 5.86. The first kappa shape index (κ1) is 14.9. The minimum absolute atomic E-state index is 0.0320. The van der Waals surface area contributed by atoms with Crippen LogP contribution in [0.2, 0.25) is 0 Å². The van der Waals surface area contributed by atoms with Crippen LogP contribution in [0.5, 0.6) is 5.88 Å². The van der Waals surface area contributed by atoms with E-state index in [1.54, 1.807) is 0 Å². The summed E-state index contributed by atoms with van der Waals surface area (Å²) in [6.45, 7) is 7.44. The maximum absolute atomic E-state index is 5.86. The fourth-order valence-electron chi connectivity index (χ4n) is 1.28. The lowest BCUT2D eigenvalue weighted by atomic mass is 10.1. The third-order valence-electron chi connectivity index (χ3n) is 3.09. The first-order valence-electron chi connectivity index (χ1n) is 6.14. The second-order valence-electron chi connectivity index (χ2n) is 5.27. The molecule has 0 fully saturated rings. The van der Waals surface area contributed by atoms with Gasteiger partial charge in [0.05, 0.1) is 0 Å². The lowest BCUT2D eigenvalue weighted by Crippen LogP contribution is -2.43. The van der Waals surface area contributed by atoms with Crippen molar-refractivity contribution in [1.82, 2.24) is 20.2 Å². The van der Waals surface area contributed by atoms with Crippen LogP contribution in [0.1, 0.15) is 25.2 Å². The van der Waals surface area contributed by atoms with E-state index in [0.717, 1.165) is 11.4 Å². The Balaban J connectivity index is 2.80. The summed E-state index contributed by atoms with van der Waals surface area (Å²) in [6, 6.07) is 0. The van der Waals surface area contributed by atoms with Crippen LogP contribution in [0.25, 0.3) is 0 Å². The van der Waals surface area contributed by atoms with Crippen molar-refractivity contribution in [2.75, 3.05) is 27.7 Å². The Morgan fingerprint density at radius 1 is 1.39 bits per heavy atom. The molecule has 0 saturated carbocycles. The highest BCUT2D eigenvalue weighted by Crippen LogP contribution is 2.18. The van der Waals surface area contributed by atoms with Gasteiger partial charge in [-0.05, 0) is 41.9 Å². The molecule has 1 aromatic heterocycles. The van der Waals surface area contributed by atoms with Gasteiger partial charge in [0.25, 0.3) is 0 Å². The van der Waals surface area contributed by atoms with Crippen molar-refractivity contribution in [3.63, 3.8) is 0 Å². The van der Waals surface area contributed by atoms with Gasteiger partial charge in [0.15, 0.2) is 0 Å². The van der Waals surface area contributed by atoms with E-state index in [-0.39, 0.29) is 5.54 Å². The molecule has 18 heavy (non-hydrogen) atoms. The first-order chi connectivity index (χ1) is 8.36. The van der Waals surface area contributed by atoms with Crippen LogP contribution >= 0.6 is 0 Å². The van der Waals surface area contributed by atoms with Crippen LogP contribution in [-0.4, -0.2) is 48.2 Å². The van der Waals surface area contributed by atoms with E-state index in [4.69, 9.17) is 4.74 Å². The predicted octanol–water partition coefficient (Wildman–Crippen LogP) is 1.22. The fraction of sp³-hybridized carbons (Fsp3) is 0.692. The Morgan fingerprint density at radius 2 is 2.06 bits per heavy atom. The number of hydrogen-bond donors (Lipinski definition) is 1. The molecule has 1 rings (SSSR count). The Morgan fingerprint density at radius 3 is 2.61 bits per heavy atom. The van der Waals surface area contributed by atoms with Crippen molar-refractivity contribution in [3.8, 4) is 5.88 Å². The van der Waals surface area contributed by atoms with E-state index in [1.165, 1.54) is 0 Å². The number of aromatic nitrogens is 2. The van der Waals surface area contributed by atoms with Gasteiger partial charge in [0, 0.05) is 23.8 Å². The highest BCUT2D eigenvalue weighted by molar-refractivity contribution is 5.23.